The Labute approximate surface area is 148 Å². The van der Waals surface area contributed by atoms with Crippen molar-refractivity contribution in [1.29, 1.82) is 0 Å². The Bertz CT molecular complexity index is 742. The second-order valence-electron chi connectivity index (χ2n) is 7.32. The van der Waals surface area contributed by atoms with Gasteiger partial charge >= 0.3 is 0 Å². The molecule has 1 amide bonds. The third-order valence-corrected chi connectivity index (χ3v) is 5.45. The summed E-state index contributed by atoms with van der Waals surface area (Å²) in [6.07, 6.45) is 8.79. The molecule has 0 unspecified atom stereocenters. The van der Waals surface area contributed by atoms with Crippen molar-refractivity contribution >= 4 is 5.91 Å². The van der Waals surface area contributed by atoms with E-state index in [4.69, 9.17) is 0 Å². The molecule has 25 heavy (non-hydrogen) atoms. The van der Waals surface area contributed by atoms with Gasteiger partial charge in [-0.05, 0) is 51.3 Å². The molecule has 2 aliphatic rings. The van der Waals surface area contributed by atoms with Gasteiger partial charge in [0.15, 0.2) is 0 Å². The van der Waals surface area contributed by atoms with Crippen molar-refractivity contribution in [2.75, 3.05) is 13.1 Å². The normalized spacial score (nSPS) is 23.9. The predicted octanol–water partition coefficient (Wildman–Crippen LogP) is 2.35. The maximum absolute atomic E-state index is 13.0. The highest BCUT2D eigenvalue weighted by Gasteiger charge is 2.39. The zero-order valence-electron chi connectivity index (χ0n) is 14.9. The average Bonchev–Trinajstić information content (AvgIpc) is 3.22. The van der Waals surface area contributed by atoms with Gasteiger partial charge < -0.3 is 4.90 Å². The summed E-state index contributed by atoms with van der Waals surface area (Å²) in [6.45, 7) is 6.15. The van der Waals surface area contributed by atoms with E-state index in [2.05, 4.69) is 28.8 Å². The minimum absolute atomic E-state index is 0.0327. The van der Waals surface area contributed by atoms with E-state index < -0.39 is 0 Å². The number of rotatable bonds is 3. The molecule has 2 bridgehead atoms. The van der Waals surface area contributed by atoms with Crippen molar-refractivity contribution in [3.05, 3.63) is 42.5 Å². The number of aromatic nitrogens is 3. The number of hydrogen-bond acceptors (Lipinski definition) is 4. The van der Waals surface area contributed by atoms with Crippen LogP contribution in [0.4, 0.5) is 0 Å². The van der Waals surface area contributed by atoms with E-state index in [1.807, 2.05) is 29.3 Å². The number of amides is 1. The van der Waals surface area contributed by atoms with Crippen LogP contribution in [-0.4, -0.2) is 61.7 Å². The van der Waals surface area contributed by atoms with Gasteiger partial charge in [0.1, 0.15) is 5.69 Å². The number of likely N-dealkylation sites (tertiary alicyclic amines) is 1. The molecular formula is C19H25N5O. The van der Waals surface area contributed by atoms with Gasteiger partial charge in [-0.25, -0.2) is 4.68 Å². The molecule has 0 saturated carbocycles. The van der Waals surface area contributed by atoms with Crippen LogP contribution in [0.15, 0.2) is 36.8 Å². The Balaban J connectivity index is 1.55. The van der Waals surface area contributed by atoms with Crippen molar-refractivity contribution in [3.63, 3.8) is 0 Å². The summed E-state index contributed by atoms with van der Waals surface area (Å²) in [5, 5.41) is 4.23. The second kappa shape index (κ2) is 6.59. The van der Waals surface area contributed by atoms with Crippen LogP contribution in [0.1, 0.15) is 43.6 Å². The highest BCUT2D eigenvalue weighted by molar-refractivity contribution is 5.92. The molecule has 2 atom stereocenters. The lowest BCUT2D eigenvalue weighted by molar-refractivity contribution is 0.0722. The first kappa shape index (κ1) is 16.3. The smallest absolute Gasteiger partial charge is 0.272 e. The standard InChI is InChI=1S/C19H25N5O/c1-14(2)24-15-4-5-17(24)13-22(11-7-15)19(25)18-12-16(6-9-20-18)23-10-3-8-21-23/h3,6,8-10,12,14-15,17H,4-5,7,11,13H2,1-2H3/t15-,17-/m0/s1. The molecule has 6 heteroatoms. The number of pyridine rings is 1. The van der Waals surface area contributed by atoms with Crippen molar-refractivity contribution < 1.29 is 4.79 Å². The summed E-state index contributed by atoms with van der Waals surface area (Å²) in [5.74, 6) is 0.0327. The summed E-state index contributed by atoms with van der Waals surface area (Å²) in [4.78, 5) is 22.0. The van der Waals surface area contributed by atoms with Crippen LogP contribution >= 0.6 is 0 Å². The Hall–Kier alpha value is -2.21. The molecule has 2 saturated heterocycles. The van der Waals surface area contributed by atoms with E-state index >= 15 is 0 Å². The Morgan fingerprint density at radius 3 is 2.80 bits per heavy atom. The maximum Gasteiger partial charge on any atom is 0.272 e. The minimum Gasteiger partial charge on any atom is -0.336 e. The van der Waals surface area contributed by atoms with Gasteiger partial charge in [0.25, 0.3) is 5.91 Å². The number of nitrogens with zero attached hydrogens (tertiary/aromatic N) is 5. The third-order valence-electron chi connectivity index (χ3n) is 5.45. The number of carbonyl (C=O) groups is 1. The fourth-order valence-corrected chi connectivity index (χ4v) is 4.40. The molecule has 6 nitrogen and oxygen atoms in total. The monoisotopic (exact) mass is 339 g/mol. The molecule has 0 aliphatic carbocycles. The number of carbonyl (C=O) groups excluding carboxylic acids is 1. The number of hydrogen-bond donors (Lipinski definition) is 0. The van der Waals surface area contributed by atoms with Crippen LogP contribution in [0.5, 0.6) is 0 Å². The lowest BCUT2D eigenvalue weighted by Crippen LogP contribution is -2.44. The van der Waals surface area contributed by atoms with Crippen LogP contribution in [0, 0.1) is 0 Å². The van der Waals surface area contributed by atoms with Crippen molar-refractivity contribution in [2.24, 2.45) is 0 Å². The fraction of sp³-hybridized carbons (Fsp3) is 0.526. The summed E-state index contributed by atoms with van der Waals surface area (Å²) < 4.78 is 1.75. The Morgan fingerprint density at radius 2 is 2.04 bits per heavy atom. The van der Waals surface area contributed by atoms with Gasteiger partial charge in [-0.1, -0.05) is 0 Å². The van der Waals surface area contributed by atoms with Crippen LogP contribution in [-0.2, 0) is 0 Å². The zero-order valence-corrected chi connectivity index (χ0v) is 14.9. The van der Waals surface area contributed by atoms with E-state index in [1.165, 1.54) is 12.8 Å². The first-order valence-corrected chi connectivity index (χ1v) is 9.16. The summed E-state index contributed by atoms with van der Waals surface area (Å²) in [6, 6.07) is 7.20. The summed E-state index contributed by atoms with van der Waals surface area (Å²) in [5.41, 5.74) is 1.37. The molecule has 0 radical (unpaired) electrons. The lowest BCUT2D eigenvalue weighted by Gasteiger charge is -2.32. The second-order valence-corrected chi connectivity index (χ2v) is 7.32. The van der Waals surface area contributed by atoms with Gasteiger partial charge in [0.2, 0.25) is 0 Å². The van der Waals surface area contributed by atoms with Gasteiger partial charge in [-0.15, -0.1) is 0 Å². The van der Waals surface area contributed by atoms with Crippen molar-refractivity contribution in [3.8, 4) is 5.69 Å². The molecule has 132 valence electrons. The summed E-state index contributed by atoms with van der Waals surface area (Å²) >= 11 is 0. The van der Waals surface area contributed by atoms with E-state index in [1.54, 1.807) is 17.1 Å². The highest BCUT2D eigenvalue weighted by Crippen LogP contribution is 2.32. The molecule has 2 aliphatic heterocycles. The molecule has 2 aromatic rings. The van der Waals surface area contributed by atoms with E-state index in [9.17, 15) is 4.79 Å². The van der Waals surface area contributed by atoms with Gasteiger partial charge in [0, 0.05) is 49.8 Å². The molecule has 4 heterocycles. The largest absolute Gasteiger partial charge is 0.336 e. The first-order valence-electron chi connectivity index (χ1n) is 9.16. The molecule has 2 aromatic heterocycles. The highest BCUT2D eigenvalue weighted by atomic mass is 16.2. The van der Waals surface area contributed by atoms with E-state index in [-0.39, 0.29) is 5.91 Å². The SMILES string of the molecule is CC(C)N1[C@H]2CC[C@H]1CN(C(=O)c1cc(-n3cccn3)ccn1)CC2. The predicted molar refractivity (Wildman–Crippen MR) is 95.7 cm³/mol. The molecule has 0 spiro atoms. The van der Waals surface area contributed by atoms with E-state index in [0.717, 1.165) is 25.2 Å². The maximum atomic E-state index is 13.0. The Kier molecular flexibility index (Phi) is 4.29. The molecule has 2 fully saturated rings. The molecular weight excluding hydrogens is 314 g/mol. The van der Waals surface area contributed by atoms with Gasteiger partial charge in [-0.3, -0.25) is 14.7 Å². The Morgan fingerprint density at radius 1 is 1.20 bits per heavy atom. The lowest BCUT2D eigenvalue weighted by atomic mass is 10.1. The van der Waals surface area contributed by atoms with Crippen molar-refractivity contribution in [2.45, 2.75) is 51.2 Å². The molecule has 0 N–H and O–H groups in total. The third kappa shape index (κ3) is 3.06. The first-order chi connectivity index (χ1) is 12.1. The quantitative estimate of drug-likeness (QED) is 0.861. The van der Waals surface area contributed by atoms with Gasteiger partial charge in [0.05, 0.1) is 5.69 Å². The topological polar surface area (TPSA) is 54.3 Å². The molecule has 0 aromatic carbocycles. The van der Waals surface area contributed by atoms with Crippen LogP contribution in [0.2, 0.25) is 0 Å². The zero-order chi connectivity index (χ0) is 17.4. The van der Waals surface area contributed by atoms with E-state index in [0.29, 0.717) is 23.8 Å². The van der Waals surface area contributed by atoms with Gasteiger partial charge in [-0.2, -0.15) is 5.10 Å². The van der Waals surface area contributed by atoms with Crippen LogP contribution < -0.4 is 0 Å². The summed E-state index contributed by atoms with van der Waals surface area (Å²) in [7, 11) is 0. The fourth-order valence-electron chi connectivity index (χ4n) is 4.40. The number of fused-ring (bicyclic) bond motifs is 2. The average molecular weight is 339 g/mol. The van der Waals surface area contributed by atoms with Crippen molar-refractivity contribution in [1.82, 2.24) is 24.6 Å². The minimum atomic E-state index is 0.0327. The molecule has 4 rings (SSSR count). The van der Waals surface area contributed by atoms with Crippen LogP contribution in [0.25, 0.3) is 5.69 Å². The van der Waals surface area contributed by atoms with Crippen LogP contribution in [0.3, 0.4) is 0 Å².